The fourth-order valence-corrected chi connectivity index (χ4v) is 3.41. The summed E-state index contributed by atoms with van der Waals surface area (Å²) in [6, 6.07) is 21.1. The quantitative estimate of drug-likeness (QED) is 0.488. The SMILES string of the molecule is O=C1c2c(Oc3ccccc3)cccc2-c2c[nH]c3cccc1c23. The van der Waals surface area contributed by atoms with E-state index in [0.717, 1.165) is 33.3 Å². The van der Waals surface area contributed by atoms with Gasteiger partial charge < -0.3 is 9.72 Å². The molecule has 24 heavy (non-hydrogen) atoms. The summed E-state index contributed by atoms with van der Waals surface area (Å²) < 4.78 is 6.00. The lowest BCUT2D eigenvalue weighted by molar-refractivity contribution is 0.103. The highest BCUT2D eigenvalue weighted by atomic mass is 16.5. The highest BCUT2D eigenvalue weighted by molar-refractivity contribution is 6.26. The molecular weight excluding hydrogens is 298 g/mol. The van der Waals surface area contributed by atoms with Gasteiger partial charge in [-0.15, -0.1) is 0 Å². The van der Waals surface area contributed by atoms with Crippen LogP contribution in [-0.2, 0) is 0 Å². The molecule has 3 nitrogen and oxygen atoms in total. The Morgan fingerprint density at radius 1 is 0.750 bits per heavy atom. The van der Waals surface area contributed by atoms with E-state index in [9.17, 15) is 4.79 Å². The van der Waals surface area contributed by atoms with E-state index in [-0.39, 0.29) is 5.78 Å². The number of para-hydroxylation sites is 1. The van der Waals surface area contributed by atoms with Crippen LogP contribution in [0.3, 0.4) is 0 Å². The molecule has 1 aliphatic rings. The molecule has 1 aromatic heterocycles. The minimum absolute atomic E-state index is 0.00855. The monoisotopic (exact) mass is 311 g/mol. The Kier molecular flexibility index (Phi) is 2.65. The zero-order chi connectivity index (χ0) is 16.1. The van der Waals surface area contributed by atoms with Crippen LogP contribution in [0.25, 0.3) is 22.0 Å². The first-order chi connectivity index (χ1) is 11.8. The lowest BCUT2D eigenvalue weighted by Crippen LogP contribution is -2.10. The molecule has 0 aliphatic heterocycles. The average molecular weight is 311 g/mol. The summed E-state index contributed by atoms with van der Waals surface area (Å²) in [6.07, 6.45) is 1.96. The van der Waals surface area contributed by atoms with E-state index in [2.05, 4.69) is 4.98 Å². The van der Waals surface area contributed by atoms with Gasteiger partial charge in [-0.05, 0) is 29.8 Å². The van der Waals surface area contributed by atoms with Gasteiger partial charge in [0.1, 0.15) is 11.5 Å². The van der Waals surface area contributed by atoms with Crippen LogP contribution >= 0.6 is 0 Å². The standard InChI is InChI=1S/C21H13NO2/c23-21-15-9-4-10-17-19(15)16(12-22-17)14-8-5-11-18(20(14)21)24-13-6-2-1-3-7-13/h1-12,22H. The largest absolute Gasteiger partial charge is 0.457 e. The number of ketones is 1. The highest BCUT2D eigenvalue weighted by Gasteiger charge is 2.29. The summed E-state index contributed by atoms with van der Waals surface area (Å²) in [5.41, 5.74) is 4.30. The van der Waals surface area contributed by atoms with Crippen molar-refractivity contribution in [1.82, 2.24) is 4.98 Å². The van der Waals surface area contributed by atoms with Crippen molar-refractivity contribution in [3.63, 3.8) is 0 Å². The number of benzene rings is 3. The Bertz CT molecular complexity index is 1090. The zero-order valence-electron chi connectivity index (χ0n) is 12.7. The van der Waals surface area contributed by atoms with Crippen LogP contribution in [0.1, 0.15) is 15.9 Å². The van der Waals surface area contributed by atoms with E-state index in [1.54, 1.807) is 0 Å². The summed E-state index contributed by atoms with van der Waals surface area (Å²) >= 11 is 0. The van der Waals surface area contributed by atoms with Gasteiger partial charge in [-0.25, -0.2) is 0 Å². The molecule has 5 rings (SSSR count). The minimum Gasteiger partial charge on any atom is -0.457 e. The van der Waals surface area contributed by atoms with E-state index in [4.69, 9.17) is 4.74 Å². The van der Waals surface area contributed by atoms with E-state index >= 15 is 0 Å². The number of H-pyrrole nitrogens is 1. The van der Waals surface area contributed by atoms with E-state index in [0.29, 0.717) is 11.3 Å². The number of nitrogens with one attached hydrogen (secondary N) is 1. The van der Waals surface area contributed by atoms with Gasteiger partial charge in [0.05, 0.1) is 5.56 Å². The van der Waals surface area contributed by atoms with Crippen molar-refractivity contribution in [2.75, 3.05) is 0 Å². The molecule has 0 radical (unpaired) electrons. The van der Waals surface area contributed by atoms with Gasteiger partial charge in [0, 0.05) is 28.2 Å². The normalized spacial score (nSPS) is 12.2. The van der Waals surface area contributed by atoms with Gasteiger partial charge in [-0.3, -0.25) is 4.79 Å². The Morgan fingerprint density at radius 2 is 1.54 bits per heavy atom. The van der Waals surface area contributed by atoms with E-state index in [1.165, 1.54) is 0 Å². The van der Waals surface area contributed by atoms with Crippen molar-refractivity contribution in [3.05, 3.63) is 84.1 Å². The molecule has 0 fully saturated rings. The maximum absolute atomic E-state index is 13.1. The maximum Gasteiger partial charge on any atom is 0.198 e. The highest BCUT2D eigenvalue weighted by Crippen LogP contribution is 2.43. The van der Waals surface area contributed by atoms with Gasteiger partial charge in [0.15, 0.2) is 5.78 Å². The Labute approximate surface area is 138 Å². The zero-order valence-corrected chi connectivity index (χ0v) is 12.7. The molecule has 0 amide bonds. The van der Waals surface area contributed by atoms with E-state index in [1.807, 2.05) is 72.9 Å². The van der Waals surface area contributed by atoms with Gasteiger partial charge >= 0.3 is 0 Å². The third kappa shape index (κ3) is 1.75. The van der Waals surface area contributed by atoms with Gasteiger partial charge in [-0.2, -0.15) is 0 Å². The number of ether oxygens (including phenoxy) is 1. The fraction of sp³-hybridized carbons (Fsp3) is 0. The summed E-state index contributed by atoms with van der Waals surface area (Å²) in [4.78, 5) is 16.4. The Balaban J connectivity index is 1.76. The topological polar surface area (TPSA) is 42.1 Å². The number of rotatable bonds is 2. The molecule has 3 aromatic carbocycles. The molecule has 4 aromatic rings. The van der Waals surface area contributed by atoms with Crippen molar-refractivity contribution in [3.8, 4) is 22.6 Å². The molecule has 114 valence electrons. The average Bonchev–Trinajstić information content (AvgIpc) is 3.05. The number of carbonyl (C=O) groups is 1. The van der Waals surface area contributed by atoms with Crippen molar-refractivity contribution in [1.29, 1.82) is 0 Å². The van der Waals surface area contributed by atoms with Crippen LogP contribution in [0.15, 0.2) is 72.9 Å². The Hall–Kier alpha value is -3.33. The lowest BCUT2D eigenvalue weighted by Gasteiger charge is -2.19. The molecule has 1 heterocycles. The van der Waals surface area contributed by atoms with Crippen molar-refractivity contribution < 1.29 is 9.53 Å². The number of aromatic amines is 1. The number of carbonyl (C=O) groups excluding carboxylic acids is 1. The minimum atomic E-state index is 0.00855. The number of hydrogen-bond donors (Lipinski definition) is 1. The second-order valence-corrected chi connectivity index (χ2v) is 5.85. The number of fused-ring (bicyclic) bond motifs is 2. The Morgan fingerprint density at radius 3 is 2.42 bits per heavy atom. The van der Waals surface area contributed by atoms with Crippen LogP contribution in [0.2, 0.25) is 0 Å². The number of aromatic nitrogens is 1. The third-order valence-electron chi connectivity index (χ3n) is 4.46. The number of hydrogen-bond acceptors (Lipinski definition) is 2. The molecule has 1 N–H and O–H groups in total. The van der Waals surface area contributed by atoms with Crippen molar-refractivity contribution in [2.45, 2.75) is 0 Å². The molecule has 0 saturated carbocycles. The van der Waals surface area contributed by atoms with Crippen LogP contribution in [0.4, 0.5) is 0 Å². The molecule has 0 unspecified atom stereocenters. The molecular formula is C21H13NO2. The van der Waals surface area contributed by atoms with Gasteiger partial charge in [0.25, 0.3) is 0 Å². The molecule has 3 heteroatoms. The lowest BCUT2D eigenvalue weighted by atomic mass is 9.85. The fourth-order valence-electron chi connectivity index (χ4n) is 3.41. The van der Waals surface area contributed by atoms with Crippen LogP contribution < -0.4 is 4.74 Å². The summed E-state index contributed by atoms with van der Waals surface area (Å²) in [6.45, 7) is 0. The van der Waals surface area contributed by atoms with E-state index < -0.39 is 0 Å². The molecule has 0 atom stereocenters. The smallest absolute Gasteiger partial charge is 0.198 e. The third-order valence-corrected chi connectivity index (χ3v) is 4.46. The summed E-state index contributed by atoms with van der Waals surface area (Å²) in [5, 5.41) is 0.992. The maximum atomic E-state index is 13.1. The first-order valence-electron chi connectivity index (χ1n) is 7.84. The first kappa shape index (κ1) is 13.1. The predicted octanol–water partition coefficient (Wildman–Crippen LogP) is 5.17. The molecule has 1 aliphatic carbocycles. The van der Waals surface area contributed by atoms with Crippen LogP contribution in [0, 0.1) is 0 Å². The first-order valence-corrected chi connectivity index (χ1v) is 7.84. The van der Waals surface area contributed by atoms with Crippen LogP contribution in [0.5, 0.6) is 11.5 Å². The molecule has 0 bridgehead atoms. The van der Waals surface area contributed by atoms with Gasteiger partial charge in [-0.1, -0.05) is 42.5 Å². The molecule has 0 spiro atoms. The summed E-state index contributed by atoms with van der Waals surface area (Å²) in [7, 11) is 0. The molecule has 0 saturated heterocycles. The predicted molar refractivity (Wildman–Crippen MR) is 93.7 cm³/mol. The van der Waals surface area contributed by atoms with Crippen LogP contribution in [-0.4, -0.2) is 10.8 Å². The second-order valence-electron chi connectivity index (χ2n) is 5.85. The van der Waals surface area contributed by atoms with Crippen molar-refractivity contribution in [2.24, 2.45) is 0 Å². The second kappa shape index (κ2) is 4.83. The van der Waals surface area contributed by atoms with Gasteiger partial charge in [0.2, 0.25) is 0 Å². The van der Waals surface area contributed by atoms with Crippen molar-refractivity contribution >= 4 is 16.7 Å². The summed E-state index contributed by atoms with van der Waals surface area (Å²) in [5.74, 6) is 1.32.